The normalized spacial score (nSPS) is 11.2. The molecule has 0 aliphatic carbocycles. The molecule has 3 rings (SSSR count). The Hall–Kier alpha value is -1.58. The van der Waals surface area contributed by atoms with Gasteiger partial charge in [0.15, 0.2) is 0 Å². The molecule has 0 N–H and O–H groups in total. The molecule has 0 amide bonds. The van der Waals surface area contributed by atoms with Crippen LogP contribution >= 0.6 is 23.2 Å². The Balaban J connectivity index is 2.33. The predicted molar refractivity (Wildman–Crippen MR) is 85.2 cm³/mol. The molecule has 0 aliphatic rings. The molecule has 3 aromatic rings. The van der Waals surface area contributed by atoms with Gasteiger partial charge in [0.05, 0.1) is 21.7 Å². The average molecular weight is 323 g/mol. The van der Waals surface area contributed by atoms with Crippen LogP contribution < -0.4 is 0 Å². The number of aromatic nitrogens is 2. The van der Waals surface area contributed by atoms with E-state index < -0.39 is 0 Å². The van der Waals surface area contributed by atoms with E-state index in [9.17, 15) is 4.39 Å². The fourth-order valence-electron chi connectivity index (χ4n) is 2.47. The Morgan fingerprint density at radius 1 is 1.24 bits per heavy atom. The van der Waals surface area contributed by atoms with Crippen LogP contribution in [0.3, 0.4) is 0 Å². The van der Waals surface area contributed by atoms with Crippen molar-refractivity contribution in [2.24, 2.45) is 0 Å². The van der Waals surface area contributed by atoms with E-state index in [-0.39, 0.29) is 5.82 Å². The molecule has 0 bridgehead atoms. The van der Waals surface area contributed by atoms with Crippen molar-refractivity contribution in [2.45, 2.75) is 13.3 Å². The number of aryl methyl sites for hydroxylation is 2. The van der Waals surface area contributed by atoms with E-state index in [1.807, 2.05) is 29.7 Å². The second-order valence-corrected chi connectivity index (χ2v) is 5.63. The molecule has 0 atom stereocenters. The van der Waals surface area contributed by atoms with E-state index >= 15 is 0 Å². The smallest absolute Gasteiger partial charge is 0.124 e. The van der Waals surface area contributed by atoms with Crippen molar-refractivity contribution in [3.63, 3.8) is 0 Å². The van der Waals surface area contributed by atoms with E-state index in [1.54, 1.807) is 6.07 Å². The zero-order chi connectivity index (χ0) is 15.0. The highest BCUT2D eigenvalue weighted by atomic mass is 35.5. The van der Waals surface area contributed by atoms with Gasteiger partial charge in [-0.05, 0) is 36.8 Å². The maximum Gasteiger partial charge on any atom is 0.124 e. The topological polar surface area (TPSA) is 17.8 Å². The van der Waals surface area contributed by atoms with Crippen LogP contribution in [0, 0.1) is 12.7 Å². The van der Waals surface area contributed by atoms with Crippen LogP contribution in [0.2, 0.25) is 5.02 Å². The van der Waals surface area contributed by atoms with E-state index in [0.29, 0.717) is 23.0 Å². The summed E-state index contributed by atoms with van der Waals surface area (Å²) in [4.78, 5) is 4.67. The first kappa shape index (κ1) is 14.4. The van der Waals surface area contributed by atoms with Crippen LogP contribution in [0.5, 0.6) is 0 Å². The summed E-state index contributed by atoms with van der Waals surface area (Å²) in [6, 6.07) is 10.3. The van der Waals surface area contributed by atoms with Crippen LogP contribution in [-0.4, -0.2) is 15.4 Å². The number of rotatable bonds is 3. The van der Waals surface area contributed by atoms with Crippen molar-refractivity contribution >= 4 is 34.2 Å². The molecule has 0 spiro atoms. The predicted octanol–water partition coefficient (Wildman–Crippen LogP) is 4.91. The van der Waals surface area contributed by atoms with E-state index in [4.69, 9.17) is 23.2 Å². The molecule has 0 unspecified atom stereocenters. The number of fused-ring (bicyclic) bond motifs is 1. The van der Waals surface area contributed by atoms with Gasteiger partial charge in [0.25, 0.3) is 0 Å². The number of alkyl halides is 1. The molecule has 5 heteroatoms. The molecule has 2 nitrogen and oxygen atoms in total. The van der Waals surface area contributed by atoms with Crippen LogP contribution in [0.4, 0.5) is 4.39 Å². The molecule has 0 saturated carbocycles. The van der Waals surface area contributed by atoms with Crippen molar-refractivity contribution in [1.29, 1.82) is 0 Å². The molecule has 21 heavy (non-hydrogen) atoms. The minimum atomic E-state index is -0.358. The fraction of sp³-hybridized carbons (Fsp3) is 0.188. The van der Waals surface area contributed by atoms with Crippen molar-refractivity contribution in [3.05, 3.63) is 58.6 Å². The standard InChI is InChI=1S/C16H13Cl2FN2/c1-10-3-2-4-14-16(10)20-15(7-8-17)21(14)13-6-5-11(19)9-12(13)18/h2-6,9H,7-8H2,1H3. The highest BCUT2D eigenvalue weighted by Crippen LogP contribution is 2.29. The van der Waals surface area contributed by atoms with E-state index in [2.05, 4.69) is 4.98 Å². The number of benzene rings is 2. The third-order valence-corrected chi connectivity index (χ3v) is 3.92. The third-order valence-electron chi connectivity index (χ3n) is 3.43. The maximum atomic E-state index is 13.3. The van der Waals surface area contributed by atoms with E-state index in [1.165, 1.54) is 12.1 Å². The van der Waals surface area contributed by atoms with Crippen LogP contribution in [0.15, 0.2) is 36.4 Å². The van der Waals surface area contributed by atoms with Crippen LogP contribution in [0.1, 0.15) is 11.4 Å². The monoisotopic (exact) mass is 322 g/mol. The quantitative estimate of drug-likeness (QED) is 0.626. The number of hydrogen-bond donors (Lipinski definition) is 0. The Morgan fingerprint density at radius 2 is 2.05 bits per heavy atom. The van der Waals surface area contributed by atoms with Crippen LogP contribution in [0.25, 0.3) is 16.7 Å². The lowest BCUT2D eigenvalue weighted by atomic mass is 10.2. The zero-order valence-electron chi connectivity index (χ0n) is 11.4. The highest BCUT2D eigenvalue weighted by Gasteiger charge is 2.15. The number of halogens is 3. The first-order chi connectivity index (χ1) is 10.1. The van der Waals surface area contributed by atoms with Gasteiger partial charge in [-0.15, -0.1) is 11.6 Å². The largest absolute Gasteiger partial charge is 0.295 e. The number of nitrogens with zero attached hydrogens (tertiary/aromatic N) is 2. The maximum absolute atomic E-state index is 13.3. The summed E-state index contributed by atoms with van der Waals surface area (Å²) in [5.41, 5.74) is 3.66. The highest BCUT2D eigenvalue weighted by molar-refractivity contribution is 6.32. The van der Waals surface area contributed by atoms with Gasteiger partial charge in [-0.3, -0.25) is 4.57 Å². The molecule has 0 radical (unpaired) electrons. The molecule has 0 saturated heterocycles. The van der Waals surface area contributed by atoms with Crippen molar-refractivity contribution in [2.75, 3.05) is 5.88 Å². The average Bonchev–Trinajstić information content (AvgIpc) is 2.79. The van der Waals surface area contributed by atoms with Crippen LogP contribution in [-0.2, 0) is 6.42 Å². The molecule has 0 aliphatic heterocycles. The first-order valence-electron chi connectivity index (χ1n) is 6.60. The van der Waals surface area contributed by atoms with Crippen molar-refractivity contribution < 1.29 is 4.39 Å². The fourth-order valence-corrected chi connectivity index (χ4v) is 2.89. The van der Waals surface area contributed by atoms with Gasteiger partial charge in [0.1, 0.15) is 11.6 Å². The summed E-state index contributed by atoms with van der Waals surface area (Å²) in [5.74, 6) is 0.923. The second-order valence-electron chi connectivity index (χ2n) is 4.84. The molecule has 108 valence electrons. The Labute approximate surface area is 132 Å². The lowest BCUT2D eigenvalue weighted by Crippen LogP contribution is -2.03. The summed E-state index contributed by atoms with van der Waals surface area (Å²) in [6.45, 7) is 2.01. The first-order valence-corrected chi connectivity index (χ1v) is 7.51. The Bertz CT molecular complexity index is 811. The third kappa shape index (κ3) is 2.52. The Kier molecular flexibility index (Phi) is 3.87. The lowest BCUT2D eigenvalue weighted by Gasteiger charge is -2.10. The minimum Gasteiger partial charge on any atom is -0.295 e. The molecule has 1 aromatic heterocycles. The summed E-state index contributed by atoms with van der Waals surface area (Å²) < 4.78 is 15.2. The molecule has 2 aromatic carbocycles. The SMILES string of the molecule is Cc1cccc2c1nc(CCCl)n2-c1ccc(F)cc1Cl. The van der Waals surface area contributed by atoms with E-state index in [0.717, 1.165) is 22.4 Å². The molecular formula is C16H13Cl2FN2. The molecular weight excluding hydrogens is 310 g/mol. The van der Waals surface area contributed by atoms with Gasteiger partial charge in [-0.2, -0.15) is 0 Å². The summed E-state index contributed by atoms with van der Waals surface area (Å²) in [5, 5.41) is 0.353. The molecule has 0 fully saturated rings. The number of hydrogen-bond acceptors (Lipinski definition) is 1. The Morgan fingerprint density at radius 3 is 2.76 bits per heavy atom. The zero-order valence-corrected chi connectivity index (χ0v) is 12.9. The van der Waals surface area contributed by atoms with Crippen molar-refractivity contribution in [3.8, 4) is 5.69 Å². The molecule has 1 heterocycles. The van der Waals surface area contributed by atoms with Gasteiger partial charge >= 0.3 is 0 Å². The van der Waals surface area contributed by atoms with Gasteiger partial charge in [-0.1, -0.05) is 23.7 Å². The van der Waals surface area contributed by atoms with Gasteiger partial charge < -0.3 is 0 Å². The van der Waals surface area contributed by atoms with Gasteiger partial charge in [0.2, 0.25) is 0 Å². The number of para-hydroxylation sites is 1. The van der Waals surface area contributed by atoms with Crippen molar-refractivity contribution in [1.82, 2.24) is 9.55 Å². The number of imidazole rings is 1. The second kappa shape index (κ2) is 5.66. The summed E-state index contributed by atoms with van der Waals surface area (Å²) >= 11 is 12.1. The minimum absolute atomic E-state index is 0.353. The summed E-state index contributed by atoms with van der Waals surface area (Å²) in [7, 11) is 0. The lowest BCUT2D eigenvalue weighted by molar-refractivity contribution is 0.627. The summed E-state index contributed by atoms with van der Waals surface area (Å²) in [6.07, 6.45) is 0.614. The van der Waals surface area contributed by atoms with Gasteiger partial charge in [-0.25, -0.2) is 9.37 Å². The van der Waals surface area contributed by atoms with Gasteiger partial charge in [0, 0.05) is 12.3 Å².